The number of carbonyl (C=O) groups excluding carboxylic acids is 3. The van der Waals surface area contributed by atoms with E-state index < -0.39 is 17.8 Å². The Morgan fingerprint density at radius 3 is 2.10 bits per heavy atom. The van der Waals surface area contributed by atoms with Crippen LogP contribution in [0.5, 0.6) is 0 Å². The van der Waals surface area contributed by atoms with Gasteiger partial charge in [0.2, 0.25) is 0 Å². The van der Waals surface area contributed by atoms with Gasteiger partial charge in [-0.3, -0.25) is 19.4 Å². The summed E-state index contributed by atoms with van der Waals surface area (Å²) in [6.45, 7) is 4.16. The molecule has 6 heteroatoms. The maximum atomic E-state index is 12.1. The van der Waals surface area contributed by atoms with Crippen LogP contribution in [0.15, 0.2) is 28.7 Å². The highest BCUT2D eigenvalue weighted by atomic mass is 79.9. The van der Waals surface area contributed by atoms with Gasteiger partial charge in [-0.25, -0.2) is 4.79 Å². The van der Waals surface area contributed by atoms with E-state index in [0.717, 1.165) is 19.8 Å². The number of halogens is 1. The molecule has 1 aliphatic rings. The fraction of sp³-hybridized carbons (Fsp3) is 0.357. The van der Waals surface area contributed by atoms with Crippen molar-refractivity contribution in [3.63, 3.8) is 0 Å². The van der Waals surface area contributed by atoms with Gasteiger partial charge in [0.05, 0.1) is 6.54 Å². The zero-order valence-corrected chi connectivity index (χ0v) is 12.9. The Morgan fingerprint density at radius 1 is 1.00 bits per heavy atom. The molecule has 0 N–H and O–H groups in total. The summed E-state index contributed by atoms with van der Waals surface area (Å²) in [4.78, 5) is 37.8. The normalized spacial score (nSPS) is 15.7. The van der Waals surface area contributed by atoms with Crippen LogP contribution in [0.4, 0.5) is 4.79 Å². The molecule has 20 heavy (non-hydrogen) atoms. The quantitative estimate of drug-likeness (QED) is 0.625. The molecule has 0 saturated carbocycles. The molecule has 0 aliphatic carbocycles. The first-order valence-electron chi connectivity index (χ1n) is 6.32. The summed E-state index contributed by atoms with van der Waals surface area (Å²) in [6, 6.07) is 6.74. The molecular weight excluding hydrogens is 324 g/mol. The van der Waals surface area contributed by atoms with Crippen molar-refractivity contribution in [3.05, 3.63) is 34.3 Å². The van der Waals surface area contributed by atoms with Gasteiger partial charge in [0, 0.05) is 11.0 Å². The Hall–Kier alpha value is -1.69. The van der Waals surface area contributed by atoms with Crippen LogP contribution in [0.3, 0.4) is 0 Å². The van der Waals surface area contributed by atoms with Gasteiger partial charge in [-0.1, -0.05) is 41.9 Å². The topological polar surface area (TPSA) is 57.7 Å². The lowest BCUT2D eigenvalue weighted by atomic mass is 10.2. The highest BCUT2D eigenvalue weighted by Crippen LogP contribution is 2.18. The van der Waals surface area contributed by atoms with Crippen molar-refractivity contribution in [2.75, 3.05) is 6.54 Å². The average Bonchev–Trinajstić information content (AvgIpc) is 2.58. The standard InChI is InChI=1S/C14H15BrN2O3/c1-9(2)7-16-12(18)13(19)17(14(16)20)8-10-3-5-11(15)6-4-10/h3-6,9H,7-8H2,1-2H3. The predicted molar refractivity (Wildman–Crippen MR) is 76.6 cm³/mol. The van der Waals surface area contributed by atoms with Gasteiger partial charge in [-0.05, 0) is 23.6 Å². The van der Waals surface area contributed by atoms with Crippen molar-refractivity contribution in [3.8, 4) is 0 Å². The van der Waals surface area contributed by atoms with Crippen LogP contribution >= 0.6 is 15.9 Å². The van der Waals surface area contributed by atoms with E-state index in [1.807, 2.05) is 26.0 Å². The fourth-order valence-electron chi connectivity index (χ4n) is 1.99. The summed E-state index contributed by atoms with van der Waals surface area (Å²) in [7, 11) is 0. The van der Waals surface area contributed by atoms with Crippen LogP contribution < -0.4 is 0 Å². The first-order valence-corrected chi connectivity index (χ1v) is 7.11. The second kappa shape index (κ2) is 5.75. The summed E-state index contributed by atoms with van der Waals surface area (Å²) in [5.74, 6) is -1.36. The highest BCUT2D eigenvalue weighted by molar-refractivity contribution is 9.10. The summed E-state index contributed by atoms with van der Waals surface area (Å²) in [5, 5.41) is 0. The number of urea groups is 1. The molecule has 0 aromatic heterocycles. The molecular formula is C14H15BrN2O3. The minimum Gasteiger partial charge on any atom is -0.263 e. The Balaban J connectivity index is 2.16. The maximum absolute atomic E-state index is 12.1. The number of imide groups is 2. The molecule has 1 aromatic carbocycles. The van der Waals surface area contributed by atoms with Gasteiger partial charge >= 0.3 is 17.8 Å². The van der Waals surface area contributed by atoms with Gasteiger partial charge in [-0.15, -0.1) is 0 Å². The average molecular weight is 339 g/mol. The molecule has 1 aliphatic heterocycles. The number of hydrogen-bond donors (Lipinski definition) is 0. The van der Waals surface area contributed by atoms with Crippen LogP contribution in [-0.4, -0.2) is 34.2 Å². The Bertz CT molecular complexity index is 554. The Labute approximate surface area is 125 Å². The molecule has 0 unspecified atom stereocenters. The number of hydrogen-bond acceptors (Lipinski definition) is 3. The van der Waals surface area contributed by atoms with Crippen LogP contribution in [0.2, 0.25) is 0 Å². The number of amides is 4. The van der Waals surface area contributed by atoms with E-state index in [2.05, 4.69) is 15.9 Å². The molecule has 1 saturated heterocycles. The van der Waals surface area contributed by atoms with E-state index in [4.69, 9.17) is 0 Å². The van der Waals surface area contributed by atoms with Crippen molar-refractivity contribution in [1.82, 2.24) is 9.80 Å². The molecule has 0 atom stereocenters. The predicted octanol–water partition coefficient (Wildman–Crippen LogP) is 2.40. The molecule has 106 valence electrons. The smallest absolute Gasteiger partial charge is 0.263 e. The lowest BCUT2D eigenvalue weighted by Gasteiger charge is -2.17. The third kappa shape index (κ3) is 2.90. The van der Waals surface area contributed by atoms with Crippen molar-refractivity contribution in [1.29, 1.82) is 0 Å². The van der Waals surface area contributed by atoms with E-state index in [1.54, 1.807) is 12.1 Å². The molecule has 5 nitrogen and oxygen atoms in total. The van der Waals surface area contributed by atoms with E-state index in [-0.39, 0.29) is 19.0 Å². The second-order valence-corrected chi connectivity index (χ2v) is 6.03. The summed E-state index contributed by atoms with van der Waals surface area (Å²) in [6.07, 6.45) is 0. The zero-order valence-electron chi connectivity index (χ0n) is 11.3. The first-order chi connectivity index (χ1) is 9.40. The van der Waals surface area contributed by atoms with Crippen molar-refractivity contribution >= 4 is 33.8 Å². The van der Waals surface area contributed by atoms with E-state index in [0.29, 0.717) is 0 Å². The van der Waals surface area contributed by atoms with Gasteiger partial charge < -0.3 is 0 Å². The summed E-state index contributed by atoms with van der Waals surface area (Å²) < 4.78 is 0.915. The molecule has 4 amide bonds. The third-order valence-corrected chi connectivity index (χ3v) is 3.47. The monoisotopic (exact) mass is 338 g/mol. The lowest BCUT2D eigenvalue weighted by Crippen LogP contribution is -2.35. The van der Waals surface area contributed by atoms with Crippen LogP contribution in [0, 0.1) is 5.92 Å². The molecule has 2 rings (SSSR count). The van der Waals surface area contributed by atoms with Gasteiger partial charge in [0.15, 0.2) is 0 Å². The lowest BCUT2D eigenvalue weighted by molar-refractivity contribution is -0.143. The molecule has 1 heterocycles. The van der Waals surface area contributed by atoms with Crippen LogP contribution in [-0.2, 0) is 16.1 Å². The van der Waals surface area contributed by atoms with Gasteiger partial charge in [-0.2, -0.15) is 0 Å². The minimum atomic E-state index is -0.751. The van der Waals surface area contributed by atoms with Crippen LogP contribution in [0.1, 0.15) is 19.4 Å². The highest BCUT2D eigenvalue weighted by Gasteiger charge is 2.44. The fourth-order valence-corrected chi connectivity index (χ4v) is 2.25. The molecule has 1 aromatic rings. The van der Waals surface area contributed by atoms with E-state index >= 15 is 0 Å². The first kappa shape index (κ1) is 14.7. The molecule has 0 radical (unpaired) electrons. The molecule has 0 spiro atoms. The molecule has 0 bridgehead atoms. The number of benzene rings is 1. The largest absolute Gasteiger partial charge is 0.334 e. The van der Waals surface area contributed by atoms with E-state index in [9.17, 15) is 14.4 Å². The summed E-state index contributed by atoms with van der Waals surface area (Å²) >= 11 is 3.32. The van der Waals surface area contributed by atoms with E-state index in [1.165, 1.54) is 0 Å². The van der Waals surface area contributed by atoms with Gasteiger partial charge in [0.25, 0.3) is 0 Å². The second-order valence-electron chi connectivity index (χ2n) is 5.11. The van der Waals surface area contributed by atoms with Crippen molar-refractivity contribution < 1.29 is 14.4 Å². The number of carbonyl (C=O) groups is 3. The minimum absolute atomic E-state index is 0.116. The third-order valence-electron chi connectivity index (χ3n) is 2.94. The summed E-state index contributed by atoms with van der Waals surface area (Å²) in [5.41, 5.74) is 0.800. The SMILES string of the molecule is CC(C)CN1C(=O)C(=O)N(Cc2ccc(Br)cc2)C1=O. The Morgan fingerprint density at radius 2 is 1.55 bits per heavy atom. The van der Waals surface area contributed by atoms with Crippen LogP contribution in [0.25, 0.3) is 0 Å². The van der Waals surface area contributed by atoms with Crippen molar-refractivity contribution in [2.24, 2.45) is 5.92 Å². The number of nitrogens with zero attached hydrogens (tertiary/aromatic N) is 2. The zero-order chi connectivity index (χ0) is 14.9. The molecule has 1 fully saturated rings. The van der Waals surface area contributed by atoms with Gasteiger partial charge in [0.1, 0.15) is 0 Å². The number of rotatable bonds is 4. The maximum Gasteiger partial charge on any atom is 0.334 e. The van der Waals surface area contributed by atoms with Crippen molar-refractivity contribution in [2.45, 2.75) is 20.4 Å². The Kier molecular flexibility index (Phi) is 4.23.